The second-order valence-corrected chi connectivity index (χ2v) is 5.86. The number of aromatic nitrogens is 3. The highest BCUT2D eigenvalue weighted by molar-refractivity contribution is 5.88. The van der Waals surface area contributed by atoms with Gasteiger partial charge in [0.15, 0.2) is 0 Å². The van der Waals surface area contributed by atoms with Crippen LogP contribution in [-0.2, 0) is 0 Å². The molecule has 1 aliphatic rings. The SMILES string of the molecule is Cc1cc2c(N3CCN(c4ccc(F)cc4)CC3)ncnc2[nH]1. The van der Waals surface area contributed by atoms with E-state index in [1.165, 1.54) is 12.1 Å². The van der Waals surface area contributed by atoms with Gasteiger partial charge in [-0.25, -0.2) is 14.4 Å². The van der Waals surface area contributed by atoms with E-state index >= 15 is 0 Å². The van der Waals surface area contributed by atoms with E-state index in [4.69, 9.17) is 0 Å². The quantitative estimate of drug-likeness (QED) is 0.790. The molecule has 0 atom stereocenters. The van der Waals surface area contributed by atoms with E-state index in [0.717, 1.165) is 54.4 Å². The molecule has 1 aromatic carbocycles. The fourth-order valence-corrected chi connectivity index (χ4v) is 3.14. The molecule has 6 heteroatoms. The van der Waals surface area contributed by atoms with Crippen molar-refractivity contribution in [3.63, 3.8) is 0 Å². The standard InChI is InChI=1S/C17H18FN5/c1-12-10-15-16(21-12)19-11-20-17(15)23-8-6-22(7-9-23)14-4-2-13(18)3-5-14/h2-5,10-11H,6-9H2,1H3,(H,19,20,21). The molecule has 2 aromatic heterocycles. The van der Waals surface area contributed by atoms with Gasteiger partial charge in [0.1, 0.15) is 23.6 Å². The van der Waals surface area contributed by atoms with Crippen LogP contribution < -0.4 is 9.80 Å². The Morgan fingerprint density at radius 3 is 2.43 bits per heavy atom. The van der Waals surface area contributed by atoms with Crippen molar-refractivity contribution in [1.82, 2.24) is 15.0 Å². The Bertz CT molecular complexity index is 819. The van der Waals surface area contributed by atoms with Gasteiger partial charge in [-0.15, -0.1) is 0 Å². The van der Waals surface area contributed by atoms with Crippen LogP contribution in [0.4, 0.5) is 15.9 Å². The summed E-state index contributed by atoms with van der Waals surface area (Å²) in [7, 11) is 0. The maximum Gasteiger partial charge on any atom is 0.143 e. The highest BCUT2D eigenvalue weighted by Gasteiger charge is 2.20. The topological polar surface area (TPSA) is 48.1 Å². The smallest absolute Gasteiger partial charge is 0.143 e. The fourth-order valence-electron chi connectivity index (χ4n) is 3.14. The summed E-state index contributed by atoms with van der Waals surface area (Å²) < 4.78 is 13.0. The van der Waals surface area contributed by atoms with Gasteiger partial charge in [0.25, 0.3) is 0 Å². The minimum atomic E-state index is -0.196. The van der Waals surface area contributed by atoms with Crippen molar-refractivity contribution in [3.05, 3.63) is 48.2 Å². The van der Waals surface area contributed by atoms with E-state index in [2.05, 4.69) is 30.8 Å². The average molecular weight is 311 g/mol. The Morgan fingerprint density at radius 1 is 1.00 bits per heavy atom. The summed E-state index contributed by atoms with van der Waals surface area (Å²) in [5.74, 6) is 0.789. The second-order valence-electron chi connectivity index (χ2n) is 5.86. The number of rotatable bonds is 2. The van der Waals surface area contributed by atoms with E-state index in [9.17, 15) is 4.39 Å². The Morgan fingerprint density at radius 2 is 1.70 bits per heavy atom. The van der Waals surface area contributed by atoms with Crippen molar-refractivity contribution in [3.8, 4) is 0 Å². The first-order chi connectivity index (χ1) is 11.2. The summed E-state index contributed by atoms with van der Waals surface area (Å²) in [6, 6.07) is 8.79. The van der Waals surface area contributed by atoms with Crippen molar-refractivity contribution in [2.75, 3.05) is 36.0 Å². The van der Waals surface area contributed by atoms with Crippen molar-refractivity contribution < 1.29 is 4.39 Å². The molecular formula is C17H18FN5. The number of nitrogens with one attached hydrogen (secondary N) is 1. The molecule has 23 heavy (non-hydrogen) atoms. The van der Waals surface area contributed by atoms with Crippen LogP contribution >= 0.6 is 0 Å². The van der Waals surface area contributed by atoms with Crippen LogP contribution in [0.25, 0.3) is 11.0 Å². The van der Waals surface area contributed by atoms with Gasteiger partial charge in [0.2, 0.25) is 0 Å². The van der Waals surface area contributed by atoms with Crippen LogP contribution in [0.1, 0.15) is 5.69 Å². The minimum absolute atomic E-state index is 0.196. The zero-order valence-electron chi connectivity index (χ0n) is 13.0. The molecule has 0 spiro atoms. The fraction of sp³-hybridized carbons (Fsp3) is 0.294. The zero-order valence-corrected chi connectivity index (χ0v) is 13.0. The molecule has 5 nitrogen and oxygen atoms in total. The van der Waals surface area contributed by atoms with Gasteiger partial charge in [-0.3, -0.25) is 0 Å². The number of hydrogen-bond donors (Lipinski definition) is 1. The molecular weight excluding hydrogens is 293 g/mol. The third-order valence-corrected chi connectivity index (χ3v) is 4.31. The van der Waals surface area contributed by atoms with Crippen LogP contribution in [0.15, 0.2) is 36.7 Å². The lowest BCUT2D eigenvalue weighted by atomic mass is 10.2. The van der Waals surface area contributed by atoms with Gasteiger partial charge >= 0.3 is 0 Å². The van der Waals surface area contributed by atoms with Gasteiger partial charge in [-0.05, 0) is 37.3 Å². The summed E-state index contributed by atoms with van der Waals surface area (Å²) in [5, 5.41) is 1.07. The summed E-state index contributed by atoms with van der Waals surface area (Å²) in [6.45, 7) is 5.57. The molecule has 0 radical (unpaired) electrons. The summed E-state index contributed by atoms with van der Waals surface area (Å²) >= 11 is 0. The number of fused-ring (bicyclic) bond motifs is 1. The Balaban J connectivity index is 1.53. The number of nitrogens with zero attached hydrogens (tertiary/aromatic N) is 4. The van der Waals surface area contributed by atoms with Crippen LogP contribution in [-0.4, -0.2) is 41.1 Å². The lowest BCUT2D eigenvalue weighted by Crippen LogP contribution is -2.46. The van der Waals surface area contributed by atoms with E-state index in [-0.39, 0.29) is 5.82 Å². The summed E-state index contributed by atoms with van der Waals surface area (Å²) in [5.41, 5.74) is 3.04. The number of anilines is 2. The molecule has 1 aliphatic heterocycles. The Kier molecular flexibility index (Phi) is 3.37. The Hall–Kier alpha value is -2.63. The normalized spacial score (nSPS) is 15.4. The third-order valence-electron chi connectivity index (χ3n) is 4.31. The van der Waals surface area contributed by atoms with Crippen LogP contribution in [0, 0.1) is 12.7 Å². The van der Waals surface area contributed by atoms with Gasteiger partial charge in [0, 0.05) is 37.6 Å². The molecule has 0 bridgehead atoms. The molecule has 118 valence electrons. The molecule has 3 heterocycles. The largest absolute Gasteiger partial charge is 0.368 e. The minimum Gasteiger partial charge on any atom is -0.368 e. The molecule has 0 unspecified atom stereocenters. The van der Waals surface area contributed by atoms with Gasteiger partial charge in [-0.2, -0.15) is 0 Å². The Labute approximate surface area is 133 Å². The van der Waals surface area contributed by atoms with E-state index in [1.54, 1.807) is 6.33 Å². The van der Waals surface area contributed by atoms with Crippen molar-refractivity contribution in [1.29, 1.82) is 0 Å². The number of aromatic amines is 1. The molecule has 0 saturated carbocycles. The molecule has 1 saturated heterocycles. The lowest BCUT2D eigenvalue weighted by Gasteiger charge is -2.36. The first-order valence-electron chi connectivity index (χ1n) is 7.76. The summed E-state index contributed by atoms with van der Waals surface area (Å²) in [6.07, 6.45) is 1.61. The van der Waals surface area contributed by atoms with Crippen molar-refractivity contribution in [2.45, 2.75) is 6.92 Å². The second kappa shape index (κ2) is 5.53. The highest BCUT2D eigenvalue weighted by Crippen LogP contribution is 2.25. The van der Waals surface area contributed by atoms with E-state index in [0.29, 0.717) is 0 Å². The first kappa shape index (κ1) is 14.0. The molecule has 4 rings (SSSR count). The number of aryl methyl sites for hydroxylation is 1. The maximum absolute atomic E-state index is 13.0. The number of benzene rings is 1. The molecule has 0 amide bonds. The van der Waals surface area contributed by atoms with E-state index < -0.39 is 0 Å². The lowest BCUT2D eigenvalue weighted by molar-refractivity contribution is 0.624. The average Bonchev–Trinajstić information content (AvgIpc) is 2.96. The van der Waals surface area contributed by atoms with Gasteiger partial charge in [-0.1, -0.05) is 0 Å². The molecule has 1 fully saturated rings. The molecule has 1 N–H and O–H groups in total. The number of halogens is 1. The maximum atomic E-state index is 13.0. The third kappa shape index (κ3) is 2.60. The predicted octanol–water partition coefficient (Wildman–Crippen LogP) is 2.73. The number of hydrogen-bond acceptors (Lipinski definition) is 4. The van der Waals surface area contributed by atoms with Crippen LogP contribution in [0.2, 0.25) is 0 Å². The monoisotopic (exact) mass is 311 g/mol. The van der Waals surface area contributed by atoms with Crippen molar-refractivity contribution >= 4 is 22.5 Å². The van der Waals surface area contributed by atoms with Gasteiger partial charge < -0.3 is 14.8 Å². The molecule has 0 aliphatic carbocycles. The molecule has 3 aromatic rings. The van der Waals surface area contributed by atoms with E-state index in [1.807, 2.05) is 19.1 Å². The first-order valence-corrected chi connectivity index (χ1v) is 7.76. The number of H-pyrrole nitrogens is 1. The number of piperazine rings is 1. The van der Waals surface area contributed by atoms with Gasteiger partial charge in [0.05, 0.1) is 5.39 Å². The summed E-state index contributed by atoms with van der Waals surface area (Å²) in [4.78, 5) is 16.6. The van der Waals surface area contributed by atoms with Crippen LogP contribution in [0.3, 0.4) is 0 Å². The van der Waals surface area contributed by atoms with Crippen molar-refractivity contribution in [2.24, 2.45) is 0 Å². The zero-order chi connectivity index (χ0) is 15.8. The van der Waals surface area contributed by atoms with Crippen LogP contribution in [0.5, 0.6) is 0 Å². The predicted molar refractivity (Wildman–Crippen MR) is 89.5 cm³/mol. The highest BCUT2D eigenvalue weighted by atomic mass is 19.1.